The van der Waals surface area contributed by atoms with Crippen molar-refractivity contribution in [3.63, 3.8) is 0 Å². The van der Waals surface area contributed by atoms with E-state index in [0.29, 0.717) is 5.52 Å². The molecule has 0 bridgehead atoms. The highest BCUT2D eigenvalue weighted by atomic mass is 79.9. The first-order valence-electron chi connectivity index (χ1n) is 5.56. The summed E-state index contributed by atoms with van der Waals surface area (Å²) in [6, 6.07) is 5.92. The molecule has 0 aliphatic carbocycles. The van der Waals surface area contributed by atoms with Crippen molar-refractivity contribution in [3.05, 3.63) is 52.3 Å². The minimum atomic E-state index is -0.827. The summed E-state index contributed by atoms with van der Waals surface area (Å²) in [6.07, 6.45) is 0. The minimum absolute atomic E-state index is 0.120. The first-order valence-corrected chi connectivity index (χ1v) is 6.35. The molecular weight excluding hydrogens is 335 g/mol. The standard InChI is InChI=1S/C13H7BrF3N3/c14-6-3-8(16)12(9(17)4-6)20-11-5-7(15)1-2-10(11)19-13(20)18/h1-5H,(H2,18,19). The third-order valence-corrected chi connectivity index (χ3v) is 3.31. The van der Waals surface area contributed by atoms with Crippen LogP contribution in [0.1, 0.15) is 0 Å². The number of hydrogen-bond acceptors (Lipinski definition) is 2. The summed E-state index contributed by atoms with van der Waals surface area (Å²) in [7, 11) is 0. The van der Waals surface area contributed by atoms with Gasteiger partial charge in [-0.05, 0) is 24.3 Å². The molecule has 0 radical (unpaired) electrons. The van der Waals surface area contributed by atoms with Crippen molar-refractivity contribution in [1.82, 2.24) is 9.55 Å². The number of nitrogens with zero attached hydrogens (tertiary/aromatic N) is 2. The average Bonchev–Trinajstić information content (AvgIpc) is 2.65. The van der Waals surface area contributed by atoms with E-state index < -0.39 is 17.5 Å². The molecular formula is C13H7BrF3N3. The molecule has 0 unspecified atom stereocenters. The van der Waals surface area contributed by atoms with Gasteiger partial charge >= 0.3 is 0 Å². The third kappa shape index (κ3) is 1.94. The van der Waals surface area contributed by atoms with Crippen LogP contribution in [-0.2, 0) is 0 Å². The number of halogens is 4. The van der Waals surface area contributed by atoms with Gasteiger partial charge in [0.25, 0.3) is 0 Å². The minimum Gasteiger partial charge on any atom is -0.369 e. The molecule has 0 saturated heterocycles. The zero-order valence-corrected chi connectivity index (χ0v) is 11.5. The monoisotopic (exact) mass is 341 g/mol. The number of fused-ring (bicyclic) bond motifs is 1. The molecule has 2 aromatic carbocycles. The molecule has 0 fully saturated rings. The molecule has 0 aliphatic rings. The number of anilines is 1. The third-order valence-electron chi connectivity index (χ3n) is 2.85. The number of nitrogens with two attached hydrogens (primary N) is 1. The topological polar surface area (TPSA) is 43.8 Å². The molecule has 7 heteroatoms. The van der Waals surface area contributed by atoms with Gasteiger partial charge in [0.1, 0.15) is 11.5 Å². The fraction of sp³-hybridized carbons (Fsp3) is 0. The maximum Gasteiger partial charge on any atom is 0.206 e. The second-order valence-corrected chi connectivity index (χ2v) is 5.07. The van der Waals surface area contributed by atoms with E-state index in [1.54, 1.807) is 0 Å². The van der Waals surface area contributed by atoms with E-state index in [1.807, 2.05) is 0 Å². The number of hydrogen-bond donors (Lipinski definition) is 1. The Kier molecular flexibility index (Phi) is 2.93. The smallest absolute Gasteiger partial charge is 0.206 e. The second kappa shape index (κ2) is 4.52. The van der Waals surface area contributed by atoms with Gasteiger partial charge in [-0.15, -0.1) is 0 Å². The van der Waals surface area contributed by atoms with Crippen LogP contribution in [0.15, 0.2) is 34.8 Å². The van der Waals surface area contributed by atoms with Crippen LogP contribution in [0.2, 0.25) is 0 Å². The lowest BCUT2D eigenvalue weighted by atomic mass is 10.2. The van der Waals surface area contributed by atoms with E-state index in [9.17, 15) is 13.2 Å². The van der Waals surface area contributed by atoms with Crippen LogP contribution in [0.25, 0.3) is 16.7 Å². The quantitative estimate of drug-likeness (QED) is 0.731. The largest absolute Gasteiger partial charge is 0.369 e. The molecule has 20 heavy (non-hydrogen) atoms. The Morgan fingerprint density at radius 2 is 1.70 bits per heavy atom. The summed E-state index contributed by atoms with van der Waals surface area (Å²) in [5.74, 6) is -2.32. The van der Waals surface area contributed by atoms with Crippen LogP contribution >= 0.6 is 15.9 Å². The van der Waals surface area contributed by atoms with Crippen molar-refractivity contribution in [1.29, 1.82) is 0 Å². The molecule has 0 atom stereocenters. The van der Waals surface area contributed by atoms with Gasteiger partial charge in [0.15, 0.2) is 11.6 Å². The van der Waals surface area contributed by atoms with Crippen LogP contribution in [0, 0.1) is 17.5 Å². The molecule has 3 nitrogen and oxygen atoms in total. The lowest BCUT2D eigenvalue weighted by Gasteiger charge is -2.09. The summed E-state index contributed by atoms with van der Waals surface area (Å²) >= 11 is 2.99. The van der Waals surface area contributed by atoms with Crippen LogP contribution in [-0.4, -0.2) is 9.55 Å². The summed E-state index contributed by atoms with van der Waals surface area (Å²) in [5.41, 5.74) is 5.85. The Bertz CT molecular complexity index is 806. The number of benzene rings is 2. The van der Waals surface area contributed by atoms with Crippen LogP contribution in [0.5, 0.6) is 0 Å². The maximum absolute atomic E-state index is 14.0. The number of imidazole rings is 1. The fourth-order valence-electron chi connectivity index (χ4n) is 2.05. The Morgan fingerprint density at radius 1 is 1.05 bits per heavy atom. The van der Waals surface area contributed by atoms with E-state index >= 15 is 0 Å². The van der Waals surface area contributed by atoms with Crippen molar-refractivity contribution in [2.75, 3.05) is 5.73 Å². The number of nitrogen functional groups attached to an aromatic ring is 1. The fourth-order valence-corrected chi connectivity index (χ4v) is 2.45. The normalized spacial score (nSPS) is 11.2. The summed E-state index contributed by atoms with van der Waals surface area (Å²) in [4.78, 5) is 3.96. The van der Waals surface area contributed by atoms with E-state index in [-0.39, 0.29) is 21.6 Å². The van der Waals surface area contributed by atoms with Gasteiger partial charge in [0, 0.05) is 10.5 Å². The zero-order valence-electron chi connectivity index (χ0n) is 9.87. The van der Waals surface area contributed by atoms with Crippen molar-refractivity contribution in [2.45, 2.75) is 0 Å². The van der Waals surface area contributed by atoms with E-state index in [1.165, 1.54) is 12.1 Å². The molecule has 3 rings (SSSR count). The van der Waals surface area contributed by atoms with Gasteiger partial charge in [-0.3, -0.25) is 4.57 Å². The SMILES string of the molecule is Nc1nc2ccc(F)cc2n1-c1c(F)cc(Br)cc1F. The molecule has 0 aliphatic heterocycles. The van der Waals surface area contributed by atoms with Gasteiger partial charge in [0.2, 0.25) is 5.95 Å². The summed E-state index contributed by atoms with van der Waals surface area (Å²) in [6.45, 7) is 0. The van der Waals surface area contributed by atoms with Crippen molar-refractivity contribution in [3.8, 4) is 5.69 Å². The maximum atomic E-state index is 14.0. The molecule has 0 spiro atoms. The predicted octanol–water partition coefficient (Wildman–Crippen LogP) is 3.79. The summed E-state index contributed by atoms with van der Waals surface area (Å²) in [5, 5.41) is 0. The van der Waals surface area contributed by atoms with E-state index in [4.69, 9.17) is 5.73 Å². The highest BCUT2D eigenvalue weighted by Crippen LogP contribution is 2.29. The number of rotatable bonds is 1. The molecule has 1 aromatic heterocycles. The molecule has 102 valence electrons. The van der Waals surface area contributed by atoms with Gasteiger partial charge in [-0.2, -0.15) is 0 Å². The van der Waals surface area contributed by atoms with Gasteiger partial charge in [0.05, 0.1) is 11.0 Å². The van der Waals surface area contributed by atoms with Crippen molar-refractivity contribution in [2.24, 2.45) is 0 Å². The average molecular weight is 342 g/mol. The molecule has 3 aromatic rings. The first-order chi connectivity index (χ1) is 9.47. The molecule has 2 N–H and O–H groups in total. The van der Waals surface area contributed by atoms with Gasteiger partial charge < -0.3 is 5.73 Å². The zero-order chi connectivity index (χ0) is 14.4. The Hall–Kier alpha value is -2.02. The van der Waals surface area contributed by atoms with Gasteiger partial charge in [-0.25, -0.2) is 18.2 Å². The Balaban J connectivity index is 2.40. The van der Waals surface area contributed by atoms with E-state index in [2.05, 4.69) is 20.9 Å². The van der Waals surface area contributed by atoms with E-state index in [0.717, 1.165) is 22.8 Å². The second-order valence-electron chi connectivity index (χ2n) is 4.16. The lowest BCUT2D eigenvalue weighted by Crippen LogP contribution is -2.06. The van der Waals surface area contributed by atoms with Crippen LogP contribution in [0.4, 0.5) is 19.1 Å². The highest BCUT2D eigenvalue weighted by molar-refractivity contribution is 9.10. The summed E-state index contributed by atoms with van der Waals surface area (Å²) < 4.78 is 42.7. The Labute approximate surface area is 120 Å². The van der Waals surface area contributed by atoms with Crippen LogP contribution in [0.3, 0.4) is 0 Å². The van der Waals surface area contributed by atoms with Gasteiger partial charge in [-0.1, -0.05) is 15.9 Å². The van der Waals surface area contributed by atoms with Crippen molar-refractivity contribution >= 4 is 32.9 Å². The number of aromatic nitrogens is 2. The molecule has 0 amide bonds. The first kappa shape index (κ1) is 13.0. The highest BCUT2D eigenvalue weighted by Gasteiger charge is 2.18. The lowest BCUT2D eigenvalue weighted by molar-refractivity contribution is 0.570. The van der Waals surface area contributed by atoms with Crippen molar-refractivity contribution < 1.29 is 13.2 Å². The van der Waals surface area contributed by atoms with Crippen LogP contribution < -0.4 is 5.73 Å². The predicted molar refractivity (Wildman–Crippen MR) is 73.1 cm³/mol. The molecule has 0 saturated carbocycles. The Morgan fingerprint density at radius 3 is 2.35 bits per heavy atom. The molecule has 1 heterocycles.